The molecule has 0 unspecified atom stereocenters. The van der Waals surface area contributed by atoms with Gasteiger partial charge in [-0.2, -0.15) is 0 Å². The lowest BCUT2D eigenvalue weighted by atomic mass is 10.1. The van der Waals surface area contributed by atoms with Gasteiger partial charge in [0, 0.05) is 23.6 Å². The largest absolute Gasteiger partial charge is 0.452 e. The minimum absolute atomic E-state index is 0.00724. The van der Waals surface area contributed by atoms with Gasteiger partial charge in [-0.1, -0.05) is 28.1 Å². The molecule has 1 saturated heterocycles. The molecule has 1 aromatic carbocycles. The van der Waals surface area contributed by atoms with Gasteiger partial charge in [-0.25, -0.2) is 4.79 Å². The molecule has 2 rings (SSSR count). The van der Waals surface area contributed by atoms with Crippen molar-refractivity contribution in [3.8, 4) is 0 Å². The summed E-state index contributed by atoms with van der Waals surface area (Å²) in [5.41, 5.74) is 2.00. The number of carbonyl (C=O) groups is 2. The average molecular weight is 396 g/mol. The molecular weight excluding hydrogens is 374 g/mol. The summed E-state index contributed by atoms with van der Waals surface area (Å²) in [6.45, 7) is 6.62. The molecule has 1 aliphatic rings. The van der Waals surface area contributed by atoms with Crippen LogP contribution >= 0.6 is 15.9 Å². The van der Waals surface area contributed by atoms with Crippen LogP contribution in [0.1, 0.15) is 25.0 Å². The van der Waals surface area contributed by atoms with E-state index in [2.05, 4.69) is 15.9 Å². The third-order valence-corrected chi connectivity index (χ3v) is 4.35. The standard InChI is InChI=1S/C18H22BrNO4/c1-12-4-5-15(16(19)8-12)6-7-18(22)23-11-17(21)20-9-13(2)24-14(3)10-20/h4-8,13-14H,9-11H2,1-3H3/b7-6+/t13-,14-/m0/s1. The van der Waals surface area contributed by atoms with Gasteiger partial charge in [-0.15, -0.1) is 0 Å². The van der Waals surface area contributed by atoms with E-state index in [0.29, 0.717) is 13.1 Å². The lowest BCUT2D eigenvalue weighted by Gasteiger charge is -2.35. The van der Waals surface area contributed by atoms with E-state index in [9.17, 15) is 9.59 Å². The van der Waals surface area contributed by atoms with E-state index in [1.54, 1.807) is 11.0 Å². The first-order valence-corrected chi connectivity index (χ1v) is 8.68. The van der Waals surface area contributed by atoms with Gasteiger partial charge in [0.2, 0.25) is 0 Å². The highest BCUT2D eigenvalue weighted by Gasteiger charge is 2.26. The summed E-state index contributed by atoms with van der Waals surface area (Å²) in [5.74, 6) is -0.736. The summed E-state index contributed by atoms with van der Waals surface area (Å²) in [4.78, 5) is 25.6. The maximum absolute atomic E-state index is 12.1. The number of aryl methyl sites for hydroxylation is 1. The fourth-order valence-electron chi connectivity index (χ4n) is 2.58. The van der Waals surface area contributed by atoms with Crippen molar-refractivity contribution in [1.29, 1.82) is 0 Å². The van der Waals surface area contributed by atoms with Gasteiger partial charge in [-0.05, 0) is 44.0 Å². The van der Waals surface area contributed by atoms with Crippen molar-refractivity contribution in [3.05, 3.63) is 39.9 Å². The molecule has 0 aromatic heterocycles. The highest BCUT2D eigenvalue weighted by atomic mass is 79.9. The summed E-state index contributed by atoms with van der Waals surface area (Å²) < 4.78 is 11.5. The van der Waals surface area contributed by atoms with Crippen molar-refractivity contribution in [2.75, 3.05) is 19.7 Å². The Balaban J connectivity index is 1.84. The van der Waals surface area contributed by atoms with E-state index in [1.807, 2.05) is 39.0 Å². The molecule has 0 N–H and O–H groups in total. The number of rotatable bonds is 4. The fraction of sp³-hybridized carbons (Fsp3) is 0.444. The van der Waals surface area contributed by atoms with Crippen LogP contribution in [0.3, 0.4) is 0 Å². The highest BCUT2D eigenvalue weighted by Crippen LogP contribution is 2.19. The predicted octanol–water partition coefficient (Wildman–Crippen LogP) is 2.95. The minimum atomic E-state index is -0.537. The Morgan fingerprint density at radius 1 is 1.33 bits per heavy atom. The zero-order valence-electron chi connectivity index (χ0n) is 14.1. The van der Waals surface area contributed by atoms with Crippen molar-refractivity contribution in [3.63, 3.8) is 0 Å². The number of halogens is 1. The summed E-state index contributed by atoms with van der Waals surface area (Å²) in [5, 5.41) is 0. The average Bonchev–Trinajstić information content (AvgIpc) is 2.50. The smallest absolute Gasteiger partial charge is 0.331 e. The van der Waals surface area contributed by atoms with E-state index < -0.39 is 5.97 Å². The van der Waals surface area contributed by atoms with Crippen molar-refractivity contribution >= 4 is 33.9 Å². The van der Waals surface area contributed by atoms with Crippen LogP contribution in [0.5, 0.6) is 0 Å². The van der Waals surface area contributed by atoms with Gasteiger partial charge in [0.25, 0.3) is 5.91 Å². The van der Waals surface area contributed by atoms with E-state index in [-0.39, 0.29) is 24.7 Å². The van der Waals surface area contributed by atoms with Crippen LogP contribution in [0.4, 0.5) is 0 Å². The van der Waals surface area contributed by atoms with Crippen molar-refractivity contribution < 1.29 is 19.1 Å². The molecule has 6 heteroatoms. The number of nitrogens with zero attached hydrogens (tertiary/aromatic N) is 1. The number of carbonyl (C=O) groups excluding carboxylic acids is 2. The SMILES string of the molecule is Cc1ccc(/C=C/C(=O)OCC(=O)N2C[C@H](C)O[C@@H](C)C2)c(Br)c1. The van der Waals surface area contributed by atoms with Gasteiger partial charge in [0.05, 0.1) is 12.2 Å². The molecule has 2 atom stereocenters. The van der Waals surface area contributed by atoms with E-state index in [1.165, 1.54) is 6.08 Å². The Morgan fingerprint density at radius 3 is 2.62 bits per heavy atom. The molecule has 0 aliphatic carbocycles. The second-order valence-electron chi connectivity index (χ2n) is 6.02. The molecule has 1 amide bonds. The van der Waals surface area contributed by atoms with Crippen LogP contribution in [0.2, 0.25) is 0 Å². The van der Waals surface area contributed by atoms with Crippen LogP contribution in [-0.4, -0.2) is 48.7 Å². The van der Waals surface area contributed by atoms with Gasteiger partial charge in [-0.3, -0.25) is 4.79 Å². The van der Waals surface area contributed by atoms with Crippen LogP contribution in [0.25, 0.3) is 6.08 Å². The third kappa shape index (κ3) is 5.46. The van der Waals surface area contributed by atoms with Gasteiger partial charge in [0.1, 0.15) is 0 Å². The van der Waals surface area contributed by atoms with Crippen LogP contribution < -0.4 is 0 Å². The minimum Gasteiger partial charge on any atom is -0.452 e. The van der Waals surface area contributed by atoms with Gasteiger partial charge >= 0.3 is 5.97 Å². The Bertz CT molecular complexity index is 634. The maximum atomic E-state index is 12.1. The fourth-order valence-corrected chi connectivity index (χ4v) is 3.20. The molecular formula is C18H22BrNO4. The topological polar surface area (TPSA) is 55.8 Å². The van der Waals surface area contributed by atoms with Crippen LogP contribution in [-0.2, 0) is 19.1 Å². The van der Waals surface area contributed by atoms with Crippen molar-refractivity contribution in [2.45, 2.75) is 33.0 Å². The molecule has 1 fully saturated rings. The first kappa shape index (κ1) is 18.7. The molecule has 0 saturated carbocycles. The number of benzene rings is 1. The van der Waals surface area contributed by atoms with Gasteiger partial charge < -0.3 is 14.4 Å². The molecule has 1 aromatic rings. The summed E-state index contributed by atoms with van der Waals surface area (Å²) >= 11 is 3.45. The lowest BCUT2D eigenvalue weighted by Crippen LogP contribution is -2.49. The summed E-state index contributed by atoms with van der Waals surface area (Å²) in [7, 11) is 0. The molecule has 24 heavy (non-hydrogen) atoms. The second-order valence-corrected chi connectivity index (χ2v) is 6.88. The highest BCUT2D eigenvalue weighted by molar-refractivity contribution is 9.10. The predicted molar refractivity (Wildman–Crippen MR) is 95.5 cm³/mol. The Kier molecular flexibility index (Phi) is 6.57. The molecule has 1 aliphatic heterocycles. The zero-order valence-corrected chi connectivity index (χ0v) is 15.7. The molecule has 0 bridgehead atoms. The number of ether oxygens (including phenoxy) is 2. The van der Waals surface area contributed by atoms with E-state index >= 15 is 0 Å². The number of amides is 1. The number of hydrogen-bond donors (Lipinski definition) is 0. The second kappa shape index (κ2) is 8.44. The zero-order chi connectivity index (χ0) is 17.7. The molecule has 5 nitrogen and oxygen atoms in total. The van der Waals surface area contributed by atoms with Crippen LogP contribution in [0.15, 0.2) is 28.7 Å². The summed E-state index contributed by atoms with van der Waals surface area (Å²) in [6.07, 6.45) is 2.97. The molecule has 0 spiro atoms. The third-order valence-electron chi connectivity index (χ3n) is 3.67. The Hall–Kier alpha value is -1.66. The van der Waals surface area contributed by atoms with Crippen molar-refractivity contribution in [2.24, 2.45) is 0 Å². The Morgan fingerprint density at radius 2 is 2.00 bits per heavy atom. The molecule has 0 radical (unpaired) electrons. The van der Waals surface area contributed by atoms with E-state index in [0.717, 1.165) is 15.6 Å². The maximum Gasteiger partial charge on any atom is 0.331 e. The number of morpholine rings is 1. The normalized spacial score (nSPS) is 21.1. The quantitative estimate of drug-likeness (QED) is 0.580. The number of esters is 1. The summed E-state index contributed by atoms with van der Waals surface area (Å²) in [6, 6.07) is 5.83. The van der Waals surface area contributed by atoms with Gasteiger partial charge in [0.15, 0.2) is 6.61 Å². The molecule has 1 heterocycles. The van der Waals surface area contributed by atoms with Crippen LogP contribution in [0, 0.1) is 6.92 Å². The lowest BCUT2D eigenvalue weighted by molar-refractivity contribution is -0.154. The monoisotopic (exact) mass is 395 g/mol. The molecule has 130 valence electrons. The first-order valence-electron chi connectivity index (χ1n) is 7.89. The number of hydrogen-bond acceptors (Lipinski definition) is 4. The van der Waals surface area contributed by atoms with E-state index in [4.69, 9.17) is 9.47 Å². The Labute approximate surface area is 150 Å². The van der Waals surface area contributed by atoms with Crippen molar-refractivity contribution in [1.82, 2.24) is 4.90 Å². The first-order chi connectivity index (χ1) is 11.3.